The van der Waals surface area contributed by atoms with Crippen molar-refractivity contribution in [2.75, 3.05) is 45.0 Å². The van der Waals surface area contributed by atoms with Crippen molar-refractivity contribution in [3.05, 3.63) is 22.2 Å². The van der Waals surface area contributed by atoms with E-state index in [1.807, 2.05) is 18.8 Å². The SMILES string of the molecule is CCN(CC)CCOC(=O)C(SC)(SC)c1nc(SC)cc(=O)[nH]1. The van der Waals surface area contributed by atoms with Gasteiger partial charge in [-0.05, 0) is 31.9 Å². The van der Waals surface area contributed by atoms with E-state index in [1.165, 1.54) is 41.4 Å². The molecule has 0 bridgehead atoms. The Morgan fingerprint density at radius 2 is 1.92 bits per heavy atom. The van der Waals surface area contributed by atoms with Crippen LogP contribution in [0, 0.1) is 0 Å². The topological polar surface area (TPSA) is 75.3 Å². The molecule has 0 spiro atoms. The lowest BCUT2D eigenvalue weighted by molar-refractivity contribution is -0.144. The summed E-state index contributed by atoms with van der Waals surface area (Å²) in [6.07, 6.45) is 5.47. The van der Waals surface area contributed by atoms with Gasteiger partial charge in [0.15, 0.2) is 0 Å². The molecular formula is C15H25N3O3S3. The number of aromatic nitrogens is 2. The smallest absolute Gasteiger partial charge is 0.340 e. The third kappa shape index (κ3) is 5.18. The molecule has 9 heteroatoms. The second-order valence-electron chi connectivity index (χ2n) is 4.82. The number of H-pyrrole nitrogens is 1. The molecule has 0 amide bonds. The first-order valence-corrected chi connectivity index (χ1v) is 11.3. The number of nitrogens with zero attached hydrogens (tertiary/aromatic N) is 2. The molecule has 1 heterocycles. The number of nitrogens with one attached hydrogen (secondary N) is 1. The Morgan fingerprint density at radius 3 is 2.42 bits per heavy atom. The number of carbonyl (C=O) groups is 1. The number of thioether (sulfide) groups is 3. The molecule has 0 aromatic carbocycles. The van der Waals surface area contributed by atoms with Crippen LogP contribution >= 0.6 is 35.3 Å². The van der Waals surface area contributed by atoms with Gasteiger partial charge in [-0.1, -0.05) is 13.8 Å². The van der Waals surface area contributed by atoms with E-state index in [1.54, 1.807) is 0 Å². The van der Waals surface area contributed by atoms with Gasteiger partial charge in [-0.3, -0.25) is 4.79 Å². The Labute approximate surface area is 155 Å². The third-order valence-corrected chi connectivity index (χ3v) is 7.12. The Bertz CT molecular complexity index is 587. The normalized spacial score (nSPS) is 11.8. The monoisotopic (exact) mass is 391 g/mol. The van der Waals surface area contributed by atoms with E-state index < -0.39 is 10.0 Å². The average molecular weight is 392 g/mol. The maximum Gasteiger partial charge on any atom is 0.340 e. The van der Waals surface area contributed by atoms with Gasteiger partial charge in [-0.2, -0.15) is 0 Å². The summed E-state index contributed by atoms with van der Waals surface area (Å²) in [4.78, 5) is 33.9. The fourth-order valence-corrected chi connectivity index (χ4v) is 4.24. The molecule has 136 valence electrons. The summed E-state index contributed by atoms with van der Waals surface area (Å²) >= 11 is 3.98. The van der Waals surface area contributed by atoms with Gasteiger partial charge < -0.3 is 14.6 Å². The Balaban J connectivity index is 3.00. The van der Waals surface area contributed by atoms with Crippen molar-refractivity contribution in [2.45, 2.75) is 23.0 Å². The van der Waals surface area contributed by atoms with Crippen molar-refractivity contribution in [2.24, 2.45) is 0 Å². The molecule has 1 N–H and O–H groups in total. The number of hydrogen-bond donors (Lipinski definition) is 1. The standard InChI is InChI=1S/C15H25N3O3S3/c1-6-18(7-2)8-9-21-14(20)15(23-4,24-5)13-16-11(19)10-12(17-13)22-3/h10H,6-9H2,1-5H3,(H,16,17,19). The molecule has 0 aliphatic carbocycles. The average Bonchev–Trinajstić information content (AvgIpc) is 2.59. The zero-order chi connectivity index (χ0) is 18.2. The number of rotatable bonds is 10. The minimum atomic E-state index is -1.08. The fourth-order valence-electron chi connectivity index (χ4n) is 2.14. The number of aromatic amines is 1. The maximum atomic E-state index is 12.7. The van der Waals surface area contributed by atoms with Gasteiger partial charge in [-0.25, -0.2) is 9.78 Å². The number of carbonyl (C=O) groups excluding carboxylic acids is 1. The van der Waals surface area contributed by atoms with Crippen molar-refractivity contribution < 1.29 is 9.53 Å². The second-order valence-corrected chi connectivity index (χ2v) is 7.95. The zero-order valence-corrected chi connectivity index (χ0v) is 17.2. The lowest BCUT2D eigenvalue weighted by Gasteiger charge is -2.27. The number of likely N-dealkylation sites (N-methyl/N-ethyl adjacent to an activating group) is 1. The van der Waals surface area contributed by atoms with Crippen molar-refractivity contribution in [1.29, 1.82) is 0 Å². The first-order chi connectivity index (χ1) is 11.5. The van der Waals surface area contributed by atoms with E-state index in [2.05, 4.69) is 28.7 Å². The summed E-state index contributed by atoms with van der Waals surface area (Å²) < 4.78 is 4.42. The van der Waals surface area contributed by atoms with Gasteiger partial charge in [0.25, 0.3) is 5.56 Å². The first-order valence-electron chi connectivity index (χ1n) is 7.63. The van der Waals surface area contributed by atoms with Crippen LogP contribution in [0.25, 0.3) is 0 Å². The minimum Gasteiger partial charge on any atom is -0.462 e. The Kier molecular flexibility index (Phi) is 9.25. The third-order valence-electron chi connectivity index (χ3n) is 3.62. The van der Waals surface area contributed by atoms with Crippen LogP contribution < -0.4 is 5.56 Å². The molecule has 6 nitrogen and oxygen atoms in total. The quantitative estimate of drug-likeness (QED) is 0.282. The summed E-state index contributed by atoms with van der Waals surface area (Å²) in [7, 11) is 0. The van der Waals surface area contributed by atoms with Gasteiger partial charge in [0.1, 0.15) is 17.5 Å². The molecule has 1 aromatic heterocycles. The molecule has 0 radical (unpaired) electrons. The second kappa shape index (κ2) is 10.4. The van der Waals surface area contributed by atoms with E-state index >= 15 is 0 Å². The molecule has 0 aliphatic heterocycles. The van der Waals surface area contributed by atoms with E-state index in [0.29, 0.717) is 24.0 Å². The predicted octanol–water partition coefficient (Wildman–Crippen LogP) is 2.26. The van der Waals surface area contributed by atoms with Crippen LogP contribution in [-0.2, 0) is 13.6 Å². The highest BCUT2D eigenvalue weighted by atomic mass is 32.2. The van der Waals surface area contributed by atoms with Gasteiger partial charge in [0.2, 0.25) is 4.08 Å². The van der Waals surface area contributed by atoms with Crippen LogP contribution in [-0.4, -0.2) is 65.8 Å². The van der Waals surface area contributed by atoms with Gasteiger partial charge >= 0.3 is 5.97 Å². The summed E-state index contributed by atoms with van der Waals surface area (Å²) in [5.41, 5.74) is -0.271. The van der Waals surface area contributed by atoms with Crippen molar-refractivity contribution in [1.82, 2.24) is 14.9 Å². The lowest BCUT2D eigenvalue weighted by Crippen LogP contribution is -2.36. The zero-order valence-electron chi connectivity index (χ0n) is 14.7. The molecule has 1 aromatic rings. The van der Waals surface area contributed by atoms with Crippen LogP contribution in [0.2, 0.25) is 0 Å². The minimum absolute atomic E-state index is 0.271. The highest BCUT2D eigenvalue weighted by Gasteiger charge is 2.43. The van der Waals surface area contributed by atoms with E-state index in [9.17, 15) is 9.59 Å². The Morgan fingerprint density at radius 1 is 1.29 bits per heavy atom. The highest BCUT2D eigenvalue weighted by molar-refractivity contribution is 8.17. The van der Waals surface area contributed by atoms with Crippen molar-refractivity contribution in [3.8, 4) is 0 Å². The Hall–Kier alpha value is -0.640. The largest absolute Gasteiger partial charge is 0.462 e. The van der Waals surface area contributed by atoms with Crippen LogP contribution in [0.1, 0.15) is 19.7 Å². The summed E-state index contributed by atoms with van der Waals surface area (Å²) in [6, 6.07) is 1.42. The van der Waals surface area contributed by atoms with E-state index in [-0.39, 0.29) is 5.56 Å². The number of esters is 1. The number of hydrogen-bond acceptors (Lipinski definition) is 8. The van der Waals surface area contributed by atoms with Crippen LogP contribution in [0.15, 0.2) is 15.9 Å². The summed E-state index contributed by atoms with van der Waals surface area (Å²) in [5, 5.41) is 0.581. The fraction of sp³-hybridized carbons (Fsp3) is 0.667. The lowest BCUT2D eigenvalue weighted by atomic mass is 10.3. The van der Waals surface area contributed by atoms with Crippen LogP contribution in [0.4, 0.5) is 0 Å². The molecule has 24 heavy (non-hydrogen) atoms. The summed E-state index contributed by atoms with van der Waals surface area (Å²) in [6.45, 7) is 6.97. The van der Waals surface area contributed by atoms with Gasteiger partial charge in [0, 0.05) is 12.6 Å². The first kappa shape index (κ1) is 21.4. The molecular weight excluding hydrogens is 366 g/mol. The van der Waals surface area contributed by atoms with Crippen LogP contribution in [0.3, 0.4) is 0 Å². The van der Waals surface area contributed by atoms with E-state index in [4.69, 9.17) is 4.74 Å². The number of ether oxygens (including phenoxy) is 1. The van der Waals surface area contributed by atoms with Crippen molar-refractivity contribution in [3.63, 3.8) is 0 Å². The molecule has 0 aliphatic rings. The summed E-state index contributed by atoms with van der Waals surface area (Å²) in [5.74, 6) is -0.0664. The van der Waals surface area contributed by atoms with Crippen LogP contribution in [0.5, 0.6) is 0 Å². The molecule has 1 rings (SSSR count). The van der Waals surface area contributed by atoms with Crippen molar-refractivity contribution >= 4 is 41.3 Å². The van der Waals surface area contributed by atoms with Gasteiger partial charge in [0.05, 0.1) is 0 Å². The predicted molar refractivity (Wildman–Crippen MR) is 104 cm³/mol. The maximum absolute atomic E-state index is 12.7. The van der Waals surface area contributed by atoms with Gasteiger partial charge in [-0.15, -0.1) is 35.3 Å². The molecule has 0 saturated carbocycles. The molecule has 0 atom stereocenters. The molecule has 0 saturated heterocycles. The molecule has 0 unspecified atom stereocenters. The molecule has 0 fully saturated rings. The van der Waals surface area contributed by atoms with E-state index in [0.717, 1.165) is 13.1 Å². The highest BCUT2D eigenvalue weighted by Crippen LogP contribution is 2.43.